The SMILES string of the molecule is CC(C)C(C(=O)O)N1C(=O)/C(=C/c2ccc3c(c2)CCCN3C)SC1=S. The van der Waals surface area contributed by atoms with Crippen LogP contribution in [0.1, 0.15) is 31.4 Å². The van der Waals surface area contributed by atoms with Crippen molar-refractivity contribution in [2.75, 3.05) is 18.5 Å². The first-order valence-corrected chi connectivity index (χ1v) is 9.86. The van der Waals surface area contributed by atoms with Crippen molar-refractivity contribution < 1.29 is 14.7 Å². The monoisotopic (exact) mass is 390 g/mol. The number of carboxylic acids is 1. The van der Waals surface area contributed by atoms with Gasteiger partial charge in [0.15, 0.2) is 0 Å². The zero-order valence-electron chi connectivity index (χ0n) is 15.1. The van der Waals surface area contributed by atoms with Crippen molar-refractivity contribution in [3.05, 3.63) is 34.2 Å². The molecule has 7 heteroatoms. The smallest absolute Gasteiger partial charge is 0.327 e. The molecule has 0 aromatic heterocycles. The highest BCUT2D eigenvalue weighted by atomic mass is 32.2. The molecular weight excluding hydrogens is 368 g/mol. The molecule has 1 aromatic carbocycles. The number of benzene rings is 1. The summed E-state index contributed by atoms with van der Waals surface area (Å²) in [5.74, 6) is -1.58. The number of aliphatic carboxylic acids is 1. The second-order valence-corrected chi connectivity index (χ2v) is 8.67. The number of hydrogen-bond donors (Lipinski definition) is 1. The number of rotatable bonds is 4. The van der Waals surface area contributed by atoms with E-state index in [1.54, 1.807) is 13.8 Å². The minimum Gasteiger partial charge on any atom is -0.480 e. The molecule has 0 saturated carbocycles. The molecule has 0 spiro atoms. The lowest BCUT2D eigenvalue weighted by atomic mass is 9.99. The number of aryl methyl sites for hydroxylation is 1. The van der Waals surface area contributed by atoms with Crippen LogP contribution in [-0.4, -0.2) is 45.8 Å². The molecule has 1 fully saturated rings. The molecule has 1 saturated heterocycles. The Labute approximate surface area is 163 Å². The predicted octanol–water partition coefficient (Wildman–Crippen LogP) is 3.38. The number of nitrogens with zero attached hydrogens (tertiary/aromatic N) is 2. The van der Waals surface area contributed by atoms with Gasteiger partial charge in [-0.05, 0) is 48.1 Å². The van der Waals surface area contributed by atoms with E-state index in [0.29, 0.717) is 9.23 Å². The molecule has 0 bridgehead atoms. The van der Waals surface area contributed by atoms with Gasteiger partial charge < -0.3 is 10.0 Å². The van der Waals surface area contributed by atoms with Gasteiger partial charge in [0, 0.05) is 19.3 Å². The Balaban J connectivity index is 1.90. The highest BCUT2D eigenvalue weighted by molar-refractivity contribution is 8.26. The average Bonchev–Trinajstić information content (AvgIpc) is 2.82. The molecule has 0 radical (unpaired) electrons. The summed E-state index contributed by atoms with van der Waals surface area (Å²) in [6.07, 6.45) is 3.95. The van der Waals surface area contributed by atoms with E-state index >= 15 is 0 Å². The molecule has 1 atom stereocenters. The fraction of sp³-hybridized carbons (Fsp3) is 0.421. The second-order valence-electron chi connectivity index (χ2n) is 6.99. The van der Waals surface area contributed by atoms with Gasteiger partial charge in [-0.2, -0.15) is 0 Å². The lowest BCUT2D eigenvalue weighted by Crippen LogP contribution is -2.47. The molecule has 3 rings (SSSR count). The van der Waals surface area contributed by atoms with Crippen molar-refractivity contribution in [1.29, 1.82) is 0 Å². The molecule has 26 heavy (non-hydrogen) atoms. The second kappa shape index (κ2) is 7.40. The van der Waals surface area contributed by atoms with Crippen molar-refractivity contribution in [3.63, 3.8) is 0 Å². The van der Waals surface area contributed by atoms with Crippen molar-refractivity contribution in [2.24, 2.45) is 5.92 Å². The minimum absolute atomic E-state index is 0.228. The summed E-state index contributed by atoms with van der Waals surface area (Å²) < 4.78 is 0.306. The van der Waals surface area contributed by atoms with Crippen molar-refractivity contribution in [2.45, 2.75) is 32.7 Å². The molecule has 1 unspecified atom stereocenters. The molecule has 2 aliphatic rings. The van der Waals surface area contributed by atoms with Crippen LogP contribution in [0.5, 0.6) is 0 Å². The van der Waals surface area contributed by atoms with Crippen LogP contribution in [0, 0.1) is 5.92 Å². The van der Waals surface area contributed by atoms with E-state index in [1.807, 2.05) is 12.1 Å². The fourth-order valence-corrected chi connectivity index (χ4v) is 4.79. The number of anilines is 1. The van der Waals surface area contributed by atoms with Crippen molar-refractivity contribution in [3.8, 4) is 0 Å². The first kappa shape index (κ1) is 18.9. The summed E-state index contributed by atoms with van der Waals surface area (Å²) in [6.45, 7) is 4.61. The predicted molar refractivity (Wildman–Crippen MR) is 109 cm³/mol. The summed E-state index contributed by atoms with van der Waals surface area (Å²) >= 11 is 6.47. The van der Waals surface area contributed by atoms with E-state index in [-0.39, 0.29) is 11.8 Å². The number of hydrogen-bond acceptors (Lipinski definition) is 5. The Morgan fingerprint density at radius 1 is 1.38 bits per heavy atom. The molecular formula is C19H22N2O3S2. The quantitative estimate of drug-likeness (QED) is 0.628. The van der Waals surface area contributed by atoms with Gasteiger partial charge in [0.25, 0.3) is 5.91 Å². The van der Waals surface area contributed by atoms with E-state index in [2.05, 4.69) is 24.1 Å². The molecule has 1 amide bonds. The lowest BCUT2D eigenvalue weighted by molar-refractivity contribution is -0.146. The number of thioether (sulfide) groups is 1. The maximum atomic E-state index is 12.8. The van der Waals surface area contributed by atoms with E-state index in [4.69, 9.17) is 12.2 Å². The van der Waals surface area contributed by atoms with Gasteiger partial charge in [0.2, 0.25) is 0 Å². The lowest BCUT2D eigenvalue weighted by Gasteiger charge is -2.27. The number of carboxylic acid groups (broad SMARTS) is 1. The number of amides is 1. The van der Waals surface area contributed by atoms with Gasteiger partial charge in [0.1, 0.15) is 10.4 Å². The standard InChI is InChI=1S/C19H22N2O3S2/c1-11(2)16(18(23)24)21-17(22)15(26-19(21)25)10-12-6-7-14-13(9-12)5-4-8-20(14)3/h6-7,9-11,16H,4-5,8H2,1-3H3,(H,23,24)/b15-10-. The van der Waals surface area contributed by atoms with Crippen LogP contribution in [-0.2, 0) is 16.0 Å². The molecule has 2 heterocycles. The molecule has 1 aromatic rings. The van der Waals surface area contributed by atoms with Gasteiger partial charge >= 0.3 is 5.97 Å². The number of carbonyl (C=O) groups excluding carboxylic acids is 1. The highest BCUT2D eigenvalue weighted by Gasteiger charge is 2.41. The van der Waals surface area contributed by atoms with E-state index in [1.165, 1.54) is 27.9 Å². The molecule has 0 aliphatic carbocycles. The van der Waals surface area contributed by atoms with Crippen LogP contribution in [0.25, 0.3) is 6.08 Å². The Kier molecular flexibility index (Phi) is 5.39. The maximum absolute atomic E-state index is 12.8. The third kappa shape index (κ3) is 3.50. The molecule has 2 aliphatic heterocycles. The minimum atomic E-state index is -1.03. The summed E-state index contributed by atoms with van der Waals surface area (Å²) in [7, 11) is 2.08. The topological polar surface area (TPSA) is 60.9 Å². The van der Waals surface area contributed by atoms with Crippen LogP contribution >= 0.6 is 24.0 Å². The number of thiocarbonyl (C=S) groups is 1. The summed E-state index contributed by atoms with van der Waals surface area (Å²) in [5.41, 5.74) is 3.44. The Hall–Kier alpha value is -1.86. The first-order chi connectivity index (χ1) is 12.3. The van der Waals surface area contributed by atoms with Crippen molar-refractivity contribution >= 4 is 51.9 Å². The Bertz CT molecular complexity index is 804. The molecule has 138 valence electrons. The number of fused-ring (bicyclic) bond motifs is 1. The largest absolute Gasteiger partial charge is 0.480 e. The fourth-order valence-electron chi connectivity index (χ4n) is 3.46. The maximum Gasteiger partial charge on any atom is 0.327 e. The zero-order valence-corrected chi connectivity index (χ0v) is 16.7. The number of carbonyl (C=O) groups is 2. The van der Waals surface area contributed by atoms with Gasteiger partial charge in [-0.3, -0.25) is 9.69 Å². The third-order valence-electron chi connectivity index (χ3n) is 4.74. The molecule has 5 nitrogen and oxygen atoms in total. The van der Waals surface area contributed by atoms with Crippen LogP contribution in [0.3, 0.4) is 0 Å². The Morgan fingerprint density at radius 2 is 2.12 bits per heavy atom. The van der Waals surface area contributed by atoms with E-state index in [0.717, 1.165) is 24.9 Å². The van der Waals surface area contributed by atoms with Gasteiger partial charge in [-0.15, -0.1) is 0 Å². The summed E-state index contributed by atoms with van der Waals surface area (Å²) in [4.78, 5) is 28.3. The highest BCUT2D eigenvalue weighted by Crippen LogP contribution is 2.36. The van der Waals surface area contributed by atoms with Gasteiger partial charge in [-0.1, -0.05) is 43.9 Å². The first-order valence-electron chi connectivity index (χ1n) is 8.63. The van der Waals surface area contributed by atoms with Crippen molar-refractivity contribution in [1.82, 2.24) is 4.90 Å². The average molecular weight is 391 g/mol. The van der Waals surface area contributed by atoms with Gasteiger partial charge in [-0.25, -0.2) is 4.79 Å². The van der Waals surface area contributed by atoms with E-state index < -0.39 is 12.0 Å². The van der Waals surface area contributed by atoms with Crippen LogP contribution in [0.4, 0.5) is 5.69 Å². The third-order valence-corrected chi connectivity index (χ3v) is 6.07. The van der Waals surface area contributed by atoms with Crippen LogP contribution in [0.15, 0.2) is 23.1 Å². The summed E-state index contributed by atoms with van der Waals surface area (Å²) in [6, 6.07) is 5.24. The Morgan fingerprint density at radius 3 is 2.77 bits per heavy atom. The zero-order chi connectivity index (χ0) is 19.0. The normalized spacial score (nSPS) is 20.1. The van der Waals surface area contributed by atoms with Gasteiger partial charge in [0.05, 0.1) is 4.91 Å². The van der Waals surface area contributed by atoms with E-state index in [9.17, 15) is 14.7 Å². The summed E-state index contributed by atoms with van der Waals surface area (Å²) in [5, 5.41) is 9.49. The van der Waals surface area contributed by atoms with Crippen LogP contribution in [0.2, 0.25) is 0 Å². The molecule has 1 N–H and O–H groups in total. The van der Waals surface area contributed by atoms with Crippen LogP contribution < -0.4 is 4.90 Å².